The standard InChI is InChI=1S/C32H39BCl2N2O4/c1-31(2)21-16-26(31)32(3)27(17-21)40-33(41-32)28(15-20-10-7-11-20)37-30(39)25(14-19-8-5-4-6-9-19)36-29(38)23-18-22(34)12-13-24(23)35/h4-6,8-9,12-13,18,20-21,25-28H,7,10-11,14-17H2,1-3H3,(H,36,38)(H,37,39)/t21-,25-,26-,27+,28?,32-/m0/s1. The van der Waals surface area contributed by atoms with Gasteiger partial charge in [-0.1, -0.05) is 86.6 Å². The number of rotatable bonds is 9. The molecule has 2 aromatic rings. The molecular formula is C32H39BCl2N2O4. The first kappa shape index (κ1) is 29.0. The molecule has 7 rings (SSSR count). The van der Waals surface area contributed by atoms with Gasteiger partial charge in [0.15, 0.2) is 0 Å². The van der Waals surface area contributed by atoms with Gasteiger partial charge in [-0.05, 0) is 73.1 Å². The van der Waals surface area contributed by atoms with Crippen molar-refractivity contribution in [2.24, 2.45) is 23.2 Å². The Morgan fingerprint density at radius 3 is 2.49 bits per heavy atom. The minimum atomic E-state index is -0.824. The van der Waals surface area contributed by atoms with Crippen molar-refractivity contribution in [1.29, 1.82) is 0 Å². The van der Waals surface area contributed by atoms with E-state index in [1.165, 1.54) is 18.9 Å². The Kier molecular flexibility index (Phi) is 7.95. The van der Waals surface area contributed by atoms with E-state index in [1.54, 1.807) is 12.1 Å². The minimum absolute atomic E-state index is 0.0369. The van der Waals surface area contributed by atoms with Crippen molar-refractivity contribution in [3.63, 3.8) is 0 Å². The van der Waals surface area contributed by atoms with Crippen LogP contribution in [0.15, 0.2) is 48.5 Å². The van der Waals surface area contributed by atoms with Crippen molar-refractivity contribution in [3.8, 4) is 0 Å². The van der Waals surface area contributed by atoms with E-state index in [0.717, 1.165) is 31.2 Å². The third-order valence-electron chi connectivity index (χ3n) is 10.5. The SMILES string of the molecule is CC1(C)[C@@H]2C[C@H]3OB(C(CC4CCC4)NC(=O)[C@H](Cc4ccccc4)NC(=O)c4cc(Cl)ccc4Cl)O[C@@]3(C)[C@H]1C2. The maximum Gasteiger partial charge on any atom is 0.481 e. The van der Waals surface area contributed by atoms with Crippen molar-refractivity contribution < 1.29 is 18.9 Å². The molecular weight excluding hydrogens is 558 g/mol. The molecule has 1 saturated heterocycles. The molecule has 6 nitrogen and oxygen atoms in total. The molecule has 4 saturated carbocycles. The third-order valence-corrected chi connectivity index (χ3v) is 11.1. The molecule has 5 fully saturated rings. The first-order valence-electron chi connectivity index (χ1n) is 15.0. The third kappa shape index (κ3) is 5.55. The predicted molar refractivity (Wildman–Crippen MR) is 162 cm³/mol. The maximum absolute atomic E-state index is 14.0. The summed E-state index contributed by atoms with van der Waals surface area (Å²) < 4.78 is 13.4. The van der Waals surface area contributed by atoms with Crippen LogP contribution >= 0.6 is 23.2 Å². The van der Waals surface area contributed by atoms with Gasteiger partial charge in [0.2, 0.25) is 5.91 Å². The highest BCUT2D eigenvalue weighted by Crippen LogP contribution is 2.65. The molecule has 218 valence electrons. The highest BCUT2D eigenvalue weighted by molar-refractivity contribution is 6.48. The van der Waals surface area contributed by atoms with E-state index in [0.29, 0.717) is 29.2 Å². The van der Waals surface area contributed by atoms with Crippen LogP contribution in [0.3, 0.4) is 0 Å². The van der Waals surface area contributed by atoms with E-state index in [-0.39, 0.29) is 39.6 Å². The number of carbonyl (C=O) groups is 2. The Morgan fingerprint density at radius 2 is 1.80 bits per heavy atom. The van der Waals surface area contributed by atoms with Gasteiger partial charge in [0, 0.05) is 11.4 Å². The lowest BCUT2D eigenvalue weighted by Gasteiger charge is -2.64. The Labute approximate surface area is 253 Å². The van der Waals surface area contributed by atoms with Crippen molar-refractivity contribution in [2.75, 3.05) is 0 Å². The number of carbonyl (C=O) groups excluding carboxylic acids is 2. The lowest BCUT2D eigenvalue weighted by Crippen LogP contribution is -2.65. The largest absolute Gasteiger partial charge is 0.481 e. The van der Waals surface area contributed by atoms with Gasteiger partial charge in [0.05, 0.1) is 28.2 Å². The van der Waals surface area contributed by atoms with E-state index in [4.69, 9.17) is 32.5 Å². The molecule has 0 aromatic heterocycles. The first-order valence-corrected chi connectivity index (χ1v) is 15.7. The lowest BCUT2D eigenvalue weighted by atomic mass is 9.43. The summed E-state index contributed by atoms with van der Waals surface area (Å²) in [7, 11) is -0.514. The van der Waals surface area contributed by atoms with Crippen LogP contribution in [0.5, 0.6) is 0 Å². The Morgan fingerprint density at radius 1 is 1.05 bits per heavy atom. The van der Waals surface area contributed by atoms with E-state index < -0.39 is 19.1 Å². The van der Waals surface area contributed by atoms with Gasteiger partial charge in [0.25, 0.3) is 5.91 Å². The Balaban J connectivity index is 1.22. The minimum Gasteiger partial charge on any atom is -0.404 e. The summed E-state index contributed by atoms with van der Waals surface area (Å²) in [5.74, 6) is 0.605. The van der Waals surface area contributed by atoms with Gasteiger partial charge in [-0.15, -0.1) is 0 Å². The second-order valence-corrected chi connectivity index (χ2v) is 14.2. The highest BCUT2D eigenvalue weighted by atomic mass is 35.5. The van der Waals surface area contributed by atoms with Gasteiger partial charge >= 0.3 is 7.12 Å². The topological polar surface area (TPSA) is 76.7 Å². The molecule has 0 radical (unpaired) electrons. The molecule has 41 heavy (non-hydrogen) atoms. The number of amides is 2. The van der Waals surface area contributed by atoms with Gasteiger partial charge in [-0.25, -0.2) is 0 Å². The molecule has 1 aliphatic heterocycles. The van der Waals surface area contributed by atoms with Gasteiger partial charge in [-0.3, -0.25) is 9.59 Å². The fourth-order valence-electron chi connectivity index (χ4n) is 7.65. The van der Waals surface area contributed by atoms with Crippen molar-refractivity contribution in [2.45, 2.75) is 89.4 Å². The summed E-state index contributed by atoms with van der Waals surface area (Å²) in [4.78, 5) is 27.3. The summed E-state index contributed by atoms with van der Waals surface area (Å²) in [5.41, 5.74) is 1.06. The van der Waals surface area contributed by atoms with E-state index in [2.05, 4.69) is 31.4 Å². The summed E-state index contributed by atoms with van der Waals surface area (Å²) in [5, 5.41) is 6.88. The molecule has 1 heterocycles. The zero-order valence-electron chi connectivity index (χ0n) is 24.0. The van der Waals surface area contributed by atoms with Crippen molar-refractivity contribution in [1.82, 2.24) is 10.6 Å². The molecule has 1 unspecified atom stereocenters. The second-order valence-electron chi connectivity index (χ2n) is 13.3. The summed E-state index contributed by atoms with van der Waals surface area (Å²) in [6.45, 7) is 6.90. The molecule has 2 aromatic carbocycles. The number of nitrogens with one attached hydrogen (secondary N) is 2. The van der Waals surface area contributed by atoms with Crippen LogP contribution in [0.2, 0.25) is 10.0 Å². The van der Waals surface area contributed by atoms with E-state index in [9.17, 15) is 9.59 Å². The smallest absolute Gasteiger partial charge is 0.404 e. The maximum atomic E-state index is 14.0. The monoisotopic (exact) mass is 596 g/mol. The average molecular weight is 597 g/mol. The van der Waals surface area contributed by atoms with Crippen LogP contribution < -0.4 is 10.6 Å². The molecule has 9 heteroatoms. The van der Waals surface area contributed by atoms with Gasteiger partial charge in [-0.2, -0.15) is 0 Å². The van der Waals surface area contributed by atoms with Gasteiger partial charge in [0.1, 0.15) is 6.04 Å². The Hall–Kier alpha value is -2.06. The molecule has 5 aliphatic rings. The summed E-state index contributed by atoms with van der Waals surface area (Å²) >= 11 is 12.5. The zero-order valence-corrected chi connectivity index (χ0v) is 25.5. The zero-order chi connectivity index (χ0) is 28.9. The van der Waals surface area contributed by atoms with Crippen molar-refractivity contribution in [3.05, 3.63) is 69.7 Å². The molecule has 2 N–H and O–H groups in total. The number of benzene rings is 2. The van der Waals surface area contributed by atoms with Crippen LogP contribution in [0.25, 0.3) is 0 Å². The Bertz CT molecular complexity index is 1310. The average Bonchev–Trinajstić information content (AvgIpc) is 3.28. The number of hydrogen-bond acceptors (Lipinski definition) is 4. The predicted octanol–water partition coefficient (Wildman–Crippen LogP) is 6.28. The van der Waals surface area contributed by atoms with Crippen LogP contribution in [0, 0.1) is 23.2 Å². The first-order chi connectivity index (χ1) is 19.5. The summed E-state index contributed by atoms with van der Waals surface area (Å²) in [6.07, 6.45) is 6.84. The molecule has 2 amide bonds. The second kappa shape index (κ2) is 11.2. The molecule has 4 aliphatic carbocycles. The normalized spacial score (nSPS) is 29.5. The molecule has 0 spiro atoms. The van der Waals surface area contributed by atoms with Crippen molar-refractivity contribution >= 4 is 42.1 Å². The highest BCUT2D eigenvalue weighted by Gasteiger charge is 2.68. The fraction of sp³-hybridized carbons (Fsp3) is 0.562. The van der Waals surface area contributed by atoms with Crippen LogP contribution in [0.4, 0.5) is 0 Å². The van der Waals surface area contributed by atoms with Gasteiger partial charge < -0.3 is 19.9 Å². The van der Waals surface area contributed by atoms with Crippen LogP contribution in [-0.4, -0.2) is 42.6 Å². The quantitative estimate of drug-likeness (QED) is 0.334. The summed E-state index contributed by atoms with van der Waals surface area (Å²) in [6, 6.07) is 13.6. The van der Waals surface area contributed by atoms with Crippen LogP contribution in [0.1, 0.15) is 75.2 Å². The van der Waals surface area contributed by atoms with E-state index in [1.807, 2.05) is 30.3 Å². The number of halogens is 2. The number of hydrogen-bond donors (Lipinski definition) is 2. The fourth-order valence-corrected chi connectivity index (χ4v) is 8.02. The molecule has 6 atom stereocenters. The lowest BCUT2D eigenvalue weighted by molar-refractivity contribution is -0.199. The van der Waals surface area contributed by atoms with E-state index >= 15 is 0 Å². The van der Waals surface area contributed by atoms with Crippen LogP contribution in [-0.2, 0) is 20.5 Å². The molecule has 2 bridgehead atoms.